The van der Waals surface area contributed by atoms with Crippen molar-refractivity contribution in [3.05, 3.63) is 34.3 Å². The van der Waals surface area contributed by atoms with Gasteiger partial charge in [-0.15, -0.1) is 0 Å². The number of esters is 1. The van der Waals surface area contributed by atoms with E-state index in [1.54, 1.807) is 6.92 Å². The van der Waals surface area contributed by atoms with E-state index in [1.165, 1.54) is 25.1 Å². The molecule has 1 aliphatic rings. The van der Waals surface area contributed by atoms with Crippen LogP contribution in [0.1, 0.15) is 43.7 Å². The molecule has 1 aromatic carbocycles. The molecule has 0 aromatic heterocycles. The Balaban J connectivity index is 2.62. The zero-order valence-electron chi connectivity index (χ0n) is 13.5. The van der Waals surface area contributed by atoms with Gasteiger partial charge in [0.2, 0.25) is 0 Å². The molecule has 130 valence electrons. The zero-order chi connectivity index (χ0) is 18.0. The minimum absolute atomic E-state index is 0.0731. The lowest BCUT2D eigenvalue weighted by atomic mass is 9.89. The minimum Gasteiger partial charge on any atom is -0.431 e. The van der Waals surface area contributed by atoms with Crippen LogP contribution in [0.2, 0.25) is 5.02 Å². The highest BCUT2D eigenvalue weighted by Crippen LogP contribution is 2.45. The van der Waals surface area contributed by atoms with Gasteiger partial charge in [-0.2, -0.15) is 13.2 Å². The number of carbonyl (C=O) groups is 1. The molecule has 0 N–H and O–H groups in total. The lowest BCUT2D eigenvalue weighted by Crippen LogP contribution is -2.46. The van der Waals surface area contributed by atoms with E-state index in [-0.39, 0.29) is 22.9 Å². The van der Waals surface area contributed by atoms with Gasteiger partial charge >= 0.3 is 12.1 Å². The second-order valence-electron chi connectivity index (χ2n) is 5.91. The Morgan fingerprint density at radius 2 is 2.04 bits per heavy atom. The second-order valence-corrected chi connectivity index (χ2v) is 6.34. The SMILES string of the molecule is CCCC(=O)O[C@@](C#CC1CC1)(c1cc(Cl)ccc1C)C(F)(F)F. The van der Waals surface area contributed by atoms with Crippen LogP contribution < -0.4 is 0 Å². The third-order valence-corrected chi connectivity index (χ3v) is 3.96. The van der Waals surface area contributed by atoms with Crippen LogP contribution in [-0.4, -0.2) is 12.1 Å². The summed E-state index contributed by atoms with van der Waals surface area (Å²) in [6, 6.07) is 4.12. The van der Waals surface area contributed by atoms with Crippen molar-refractivity contribution >= 4 is 17.6 Å². The van der Waals surface area contributed by atoms with Crippen LogP contribution in [0.25, 0.3) is 0 Å². The molecule has 0 heterocycles. The van der Waals surface area contributed by atoms with Crippen molar-refractivity contribution in [1.82, 2.24) is 0 Å². The maximum absolute atomic E-state index is 14.0. The molecular weight excluding hydrogens is 341 g/mol. The van der Waals surface area contributed by atoms with Crippen LogP contribution in [0.3, 0.4) is 0 Å². The van der Waals surface area contributed by atoms with Crippen molar-refractivity contribution < 1.29 is 22.7 Å². The monoisotopic (exact) mass is 358 g/mol. The van der Waals surface area contributed by atoms with Gasteiger partial charge in [-0.05, 0) is 49.8 Å². The number of benzene rings is 1. The molecule has 0 radical (unpaired) electrons. The number of alkyl halides is 3. The van der Waals surface area contributed by atoms with Crippen LogP contribution in [0.4, 0.5) is 13.2 Å². The molecule has 0 saturated heterocycles. The Bertz CT molecular complexity index is 684. The van der Waals surface area contributed by atoms with Crippen molar-refractivity contribution in [2.75, 3.05) is 0 Å². The first kappa shape index (κ1) is 18.7. The molecule has 0 unspecified atom stereocenters. The smallest absolute Gasteiger partial charge is 0.431 e. The Labute approximate surface area is 144 Å². The average Bonchev–Trinajstić information content (AvgIpc) is 3.29. The number of aryl methyl sites for hydroxylation is 1. The van der Waals surface area contributed by atoms with Crippen LogP contribution in [-0.2, 0) is 15.1 Å². The highest BCUT2D eigenvalue weighted by atomic mass is 35.5. The Morgan fingerprint density at radius 1 is 1.38 bits per heavy atom. The molecule has 1 atom stereocenters. The standard InChI is InChI=1S/C18H18ClF3O2/c1-3-4-16(23)24-17(18(20,21)22,10-9-13-6-7-13)15-11-14(19)8-5-12(15)2/h5,8,11,13H,3-4,6-7H2,1-2H3/t17-/m0/s1. The summed E-state index contributed by atoms with van der Waals surface area (Å²) in [5, 5.41) is 0.129. The third-order valence-electron chi connectivity index (χ3n) is 3.73. The van der Waals surface area contributed by atoms with E-state index in [9.17, 15) is 18.0 Å². The molecule has 1 aliphatic carbocycles. The maximum atomic E-state index is 14.0. The largest absolute Gasteiger partial charge is 0.445 e. The van der Waals surface area contributed by atoms with Crippen LogP contribution in [0.15, 0.2) is 18.2 Å². The van der Waals surface area contributed by atoms with Crippen LogP contribution >= 0.6 is 11.6 Å². The fourth-order valence-corrected chi connectivity index (χ4v) is 2.43. The lowest BCUT2D eigenvalue weighted by molar-refractivity contribution is -0.253. The molecule has 6 heteroatoms. The predicted octanol–water partition coefficient (Wildman–Crippen LogP) is 5.16. The summed E-state index contributed by atoms with van der Waals surface area (Å²) in [5.74, 6) is 3.83. The summed E-state index contributed by atoms with van der Waals surface area (Å²) in [6.45, 7) is 3.20. The van der Waals surface area contributed by atoms with E-state index in [0.717, 1.165) is 12.8 Å². The highest BCUT2D eigenvalue weighted by Gasteiger charge is 2.59. The van der Waals surface area contributed by atoms with Crippen LogP contribution in [0, 0.1) is 24.7 Å². The molecule has 0 amide bonds. The van der Waals surface area contributed by atoms with E-state index >= 15 is 0 Å². The molecule has 0 aliphatic heterocycles. The number of halogens is 4. The summed E-state index contributed by atoms with van der Waals surface area (Å²) >= 11 is 5.89. The van der Waals surface area contributed by atoms with E-state index in [1.807, 2.05) is 0 Å². The summed E-state index contributed by atoms with van der Waals surface area (Å²) in [5.41, 5.74) is -2.91. The molecule has 1 aromatic rings. The molecule has 0 spiro atoms. The minimum atomic E-state index is -4.88. The highest BCUT2D eigenvalue weighted by molar-refractivity contribution is 6.30. The fraction of sp³-hybridized carbons (Fsp3) is 0.500. The fourth-order valence-electron chi connectivity index (χ4n) is 2.26. The number of rotatable bonds is 4. The summed E-state index contributed by atoms with van der Waals surface area (Å²) in [4.78, 5) is 11.9. The summed E-state index contributed by atoms with van der Waals surface area (Å²) in [7, 11) is 0. The van der Waals surface area contributed by atoms with Crippen molar-refractivity contribution in [1.29, 1.82) is 0 Å². The van der Waals surface area contributed by atoms with Gasteiger partial charge in [0.15, 0.2) is 0 Å². The van der Waals surface area contributed by atoms with Crippen molar-refractivity contribution in [2.24, 2.45) is 5.92 Å². The predicted molar refractivity (Wildman–Crippen MR) is 85.4 cm³/mol. The number of carbonyl (C=O) groups excluding carboxylic acids is 1. The van der Waals surface area contributed by atoms with Gasteiger partial charge in [0, 0.05) is 22.9 Å². The Hall–Kier alpha value is -1.67. The maximum Gasteiger partial charge on any atom is 0.445 e. The first-order valence-electron chi connectivity index (χ1n) is 7.77. The topological polar surface area (TPSA) is 26.3 Å². The number of hydrogen-bond acceptors (Lipinski definition) is 2. The van der Waals surface area contributed by atoms with Crippen molar-refractivity contribution in [3.8, 4) is 11.8 Å². The Kier molecular flexibility index (Phi) is 5.49. The van der Waals surface area contributed by atoms with Gasteiger partial charge in [0.1, 0.15) is 0 Å². The number of ether oxygens (including phenoxy) is 1. The second kappa shape index (κ2) is 7.06. The van der Waals surface area contributed by atoms with E-state index in [0.29, 0.717) is 12.0 Å². The normalized spacial score (nSPS) is 16.8. The van der Waals surface area contributed by atoms with Gasteiger partial charge in [0.05, 0.1) is 0 Å². The zero-order valence-corrected chi connectivity index (χ0v) is 14.2. The van der Waals surface area contributed by atoms with E-state index < -0.39 is 17.7 Å². The molecular formula is C18H18ClF3O2. The van der Waals surface area contributed by atoms with E-state index in [2.05, 4.69) is 11.8 Å². The number of hydrogen-bond donors (Lipinski definition) is 0. The molecule has 24 heavy (non-hydrogen) atoms. The molecule has 1 saturated carbocycles. The molecule has 2 nitrogen and oxygen atoms in total. The average molecular weight is 359 g/mol. The first-order chi connectivity index (χ1) is 11.2. The Morgan fingerprint density at radius 3 is 2.58 bits per heavy atom. The molecule has 0 bridgehead atoms. The summed E-state index contributed by atoms with van der Waals surface area (Å²) in [6.07, 6.45) is -3.08. The van der Waals surface area contributed by atoms with Gasteiger partial charge in [-0.1, -0.05) is 30.5 Å². The van der Waals surface area contributed by atoms with Crippen molar-refractivity contribution in [3.63, 3.8) is 0 Å². The van der Waals surface area contributed by atoms with Gasteiger partial charge in [0.25, 0.3) is 5.60 Å². The lowest BCUT2D eigenvalue weighted by Gasteiger charge is -2.32. The van der Waals surface area contributed by atoms with Crippen LogP contribution in [0.5, 0.6) is 0 Å². The molecule has 2 rings (SSSR count). The van der Waals surface area contributed by atoms with Gasteiger partial charge in [-0.3, -0.25) is 4.79 Å². The van der Waals surface area contributed by atoms with Gasteiger partial charge in [-0.25, -0.2) is 0 Å². The van der Waals surface area contributed by atoms with E-state index in [4.69, 9.17) is 16.3 Å². The van der Waals surface area contributed by atoms with Crippen molar-refractivity contribution in [2.45, 2.75) is 51.3 Å². The first-order valence-corrected chi connectivity index (χ1v) is 8.15. The molecule has 1 fully saturated rings. The summed E-state index contributed by atoms with van der Waals surface area (Å²) < 4.78 is 47.0. The quantitative estimate of drug-likeness (QED) is 0.548. The van der Waals surface area contributed by atoms with Gasteiger partial charge < -0.3 is 4.74 Å². The third kappa shape index (κ3) is 4.05.